The number of phenols is 2. The Labute approximate surface area is 247 Å². The van der Waals surface area contributed by atoms with Crippen LogP contribution < -0.4 is 0 Å². The fourth-order valence-electron chi connectivity index (χ4n) is 5.15. The van der Waals surface area contributed by atoms with Crippen molar-refractivity contribution >= 4 is 34.7 Å². The van der Waals surface area contributed by atoms with Gasteiger partial charge in [0.15, 0.2) is 0 Å². The number of rotatable bonds is 5. The molecule has 0 aliphatic heterocycles. The van der Waals surface area contributed by atoms with Gasteiger partial charge in [0.25, 0.3) is 0 Å². The Morgan fingerprint density at radius 1 is 0.605 bits per heavy atom. The average Bonchev–Trinajstić information content (AvgIpc) is 3.48. The van der Waals surface area contributed by atoms with E-state index < -0.39 is 23.5 Å². The lowest BCUT2D eigenvalue weighted by Gasteiger charge is -2.07. The molecule has 214 valence electrons. The molecular weight excluding hydrogens is 548 g/mol. The number of benzene rings is 4. The lowest BCUT2D eigenvalue weighted by atomic mass is 9.97. The number of carbonyl (C=O) groups is 4. The van der Waals surface area contributed by atoms with E-state index in [0.29, 0.717) is 33.4 Å². The summed E-state index contributed by atoms with van der Waals surface area (Å²) in [7, 11) is 1.24. The standard InChI is InChI=1S/C18H14O4.C17H12O4/c1-2-22-18(21)16-15(11-6-4-3-5-7-11)13-9-8-12(19)10-14(13)17(16)20;1-21-17(20)15-14(10-5-3-2-4-6-10)12-8-7-11(18)9-13(12)16(15)19/h3-10,19H,2H2,1H3;2-9,18H,1H3. The molecule has 2 aliphatic carbocycles. The largest absolute Gasteiger partial charge is 0.508 e. The van der Waals surface area contributed by atoms with Crippen LogP contribution in [0.2, 0.25) is 0 Å². The van der Waals surface area contributed by atoms with Crippen LogP contribution in [0.15, 0.2) is 108 Å². The van der Waals surface area contributed by atoms with Gasteiger partial charge in [-0.05, 0) is 65.6 Å². The van der Waals surface area contributed by atoms with Crippen molar-refractivity contribution in [3.63, 3.8) is 0 Å². The summed E-state index contributed by atoms with van der Waals surface area (Å²) in [6.45, 7) is 1.89. The summed E-state index contributed by atoms with van der Waals surface area (Å²) in [6, 6.07) is 27.4. The summed E-state index contributed by atoms with van der Waals surface area (Å²) >= 11 is 0. The molecular formula is C35H26O8. The number of ketones is 2. The van der Waals surface area contributed by atoms with Crippen LogP contribution in [0.25, 0.3) is 11.1 Å². The second-order valence-electron chi connectivity index (χ2n) is 9.56. The van der Waals surface area contributed by atoms with E-state index in [4.69, 9.17) is 9.47 Å². The van der Waals surface area contributed by atoms with Gasteiger partial charge in [0, 0.05) is 22.3 Å². The van der Waals surface area contributed by atoms with Gasteiger partial charge in [-0.1, -0.05) is 60.7 Å². The van der Waals surface area contributed by atoms with Crippen molar-refractivity contribution in [2.45, 2.75) is 6.92 Å². The van der Waals surface area contributed by atoms with E-state index in [0.717, 1.165) is 11.1 Å². The number of carbonyl (C=O) groups excluding carboxylic acids is 4. The molecule has 4 aromatic carbocycles. The number of aromatic hydroxyl groups is 2. The van der Waals surface area contributed by atoms with Gasteiger partial charge in [0.2, 0.25) is 11.6 Å². The van der Waals surface area contributed by atoms with E-state index in [1.54, 1.807) is 19.1 Å². The van der Waals surface area contributed by atoms with E-state index in [2.05, 4.69) is 0 Å². The van der Waals surface area contributed by atoms with E-state index in [-0.39, 0.29) is 29.3 Å². The Bertz CT molecular complexity index is 1830. The maximum Gasteiger partial charge on any atom is 0.342 e. The number of hydrogen-bond donors (Lipinski definition) is 2. The van der Waals surface area contributed by atoms with Crippen LogP contribution in [0.4, 0.5) is 0 Å². The van der Waals surface area contributed by atoms with Gasteiger partial charge in [-0.3, -0.25) is 9.59 Å². The molecule has 2 aliphatic rings. The number of esters is 2. The minimum absolute atomic E-state index is 0.00398. The highest BCUT2D eigenvalue weighted by molar-refractivity contribution is 6.36. The molecule has 8 heteroatoms. The smallest absolute Gasteiger partial charge is 0.342 e. The Balaban J connectivity index is 0.000000171. The molecule has 0 amide bonds. The van der Waals surface area contributed by atoms with Crippen LogP contribution >= 0.6 is 0 Å². The number of fused-ring (bicyclic) bond motifs is 2. The van der Waals surface area contributed by atoms with Crippen LogP contribution in [0.3, 0.4) is 0 Å². The topological polar surface area (TPSA) is 127 Å². The predicted octanol–water partition coefficient (Wildman–Crippen LogP) is 5.52. The highest BCUT2D eigenvalue weighted by atomic mass is 16.5. The third kappa shape index (κ3) is 5.34. The van der Waals surface area contributed by atoms with Crippen molar-refractivity contribution < 1.29 is 38.9 Å². The molecule has 43 heavy (non-hydrogen) atoms. The molecule has 0 spiro atoms. The third-order valence-corrected chi connectivity index (χ3v) is 6.98. The Hall–Kier alpha value is -5.76. The van der Waals surface area contributed by atoms with Crippen LogP contribution in [0, 0.1) is 0 Å². The molecule has 4 aromatic rings. The molecule has 0 unspecified atom stereocenters. The van der Waals surface area contributed by atoms with Crippen LogP contribution in [0.5, 0.6) is 11.5 Å². The second kappa shape index (κ2) is 12.0. The zero-order chi connectivity index (χ0) is 30.7. The minimum Gasteiger partial charge on any atom is -0.508 e. The number of methoxy groups -OCH3 is 1. The van der Waals surface area contributed by atoms with Crippen molar-refractivity contribution in [1.29, 1.82) is 0 Å². The molecule has 0 aromatic heterocycles. The summed E-state index contributed by atoms with van der Waals surface area (Å²) in [5.74, 6) is -2.17. The minimum atomic E-state index is -0.672. The molecule has 0 bridgehead atoms. The van der Waals surface area contributed by atoms with E-state index in [9.17, 15) is 29.4 Å². The van der Waals surface area contributed by atoms with Gasteiger partial charge in [-0.2, -0.15) is 0 Å². The van der Waals surface area contributed by atoms with Gasteiger partial charge in [-0.15, -0.1) is 0 Å². The first-order chi connectivity index (χ1) is 20.8. The molecule has 0 saturated carbocycles. The van der Waals surface area contributed by atoms with Crippen molar-refractivity contribution in [1.82, 2.24) is 0 Å². The second-order valence-corrected chi connectivity index (χ2v) is 9.56. The van der Waals surface area contributed by atoms with Crippen molar-refractivity contribution in [3.8, 4) is 11.5 Å². The van der Waals surface area contributed by atoms with Gasteiger partial charge in [0.05, 0.1) is 13.7 Å². The Morgan fingerprint density at radius 2 is 1.02 bits per heavy atom. The number of hydrogen-bond acceptors (Lipinski definition) is 8. The van der Waals surface area contributed by atoms with E-state index in [1.807, 2.05) is 60.7 Å². The average molecular weight is 575 g/mol. The van der Waals surface area contributed by atoms with E-state index in [1.165, 1.54) is 31.4 Å². The van der Waals surface area contributed by atoms with Crippen molar-refractivity contribution in [2.75, 3.05) is 13.7 Å². The maximum atomic E-state index is 12.6. The molecule has 8 nitrogen and oxygen atoms in total. The summed E-state index contributed by atoms with van der Waals surface area (Å²) in [4.78, 5) is 49.3. The Morgan fingerprint density at radius 3 is 1.42 bits per heavy atom. The molecule has 0 saturated heterocycles. The first kappa shape index (κ1) is 28.8. The van der Waals surface area contributed by atoms with Gasteiger partial charge >= 0.3 is 11.9 Å². The van der Waals surface area contributed by atoms with Crippen LogP contribution in [0.1, 0.15) is 49.9 Å². The van der Waals surface area contributed by atoms with Crippen molar-refractivity contribution in [3.05, 3.63) is 142 Å². The zero-order valence-electron chi connectivity index (χ0n) is 23.3. The predicted molar refractivity (Wildman–Crippen MR) is 158 cm³/mol. The summed E-state index contributed by atoms with van der Waals surface area (Å²) < 4.78 is 9.77. The number of Topliss-reactive ketones (excluding diaryl/α,β-unsaturated/α-hetero) is 2. The van der Waals surface area contributed by atoms with Gasteiger partial charge in [0.1, 0.15) is 22.6 Å². The first-order valence-corrected chi connectivity index (χ1v) is 13.4. The number of ether oxygens (including phenoxy) is 2. The monoisotopic (exact) mass is 574 g/mol. The highest BCUT2D eigenvalue weighted by Gasteiger charge is 2.36. The number of phenolic OH excluding ortho intramolecular Hbond substituents is 2. The lowest BCUT2D eigenvalue weighted by molar-refractivity contribution is -0.138. The summed E-state index contributed by atoms with van der Waals surface area (Å²) in [5.41, 5.74) is 4.55. The highest BCUT2D eigenvalue weighted by Crippen LogP contribution is 2.40. The lowest BCUT2D eigenvalue weighted by Crippen LogP contribution is -2.14. The molecule has 0 atom stereocenters. The van der Waals surface area contributed by atoms with E-state index >= 15 is 0 Å². The first-order valence-electron chi connectivity index (χ1n) is 13.4. The molecule has 2 N–H and O–H groups in total. The van der Waals surface area contributed by atoms with Crippen molar-refractivity contribution in [2.24, 2.45) is 0 Å². The van der Waals surface area contributed by atoms with Gasteiger partial charge < -0.3 is 19.7 Å². The molecule has 0 heterocycles. The zero-order valence-corrected chi connectivity index (χ0v) is 23.3. The Kier molecular flexibility index (Phi) is 8.03. The van der Waals surface area contributed by atoms with Crippen LogP contribution in [-0.2, 0) is 19.1 Å². The normalized spacial score (nSPS) is 13.3. The quantitative estimate of drug-likeness (QED) is 0.236. The SMILES string of the molecule is CCOC(=O)C1=C(c2ccccc2)c2ccc(O)cc2C1=O.COC(=O)C1=C(c2ccccc2)c2ccc(O)cc2C1=O. The molecule has 0 radical (unpaired) electrons. The third-order valence-electron chi connectivity index (χ3n) is 6.98. The summed E-state index contributed by atoms with van der Waals surface area (Å²) in [5, 5.41) is 19.2. The molecule has 6 rings (SSSR count). The van der Waals surface area contributed by atoms with Crippen LogP contribution in [-0.4, -0.2) is 47.4 Å². The molecule has 0 fully saturated rings. The van der Waals surface area contributed by atoms with Gasteiger partial charge in [-0.25, -0.2) is 9.59 Å². The fraction of sp³-hybridized carbons (Fsp3) is 0.0857. The fourth-order valence-corrected chi connectivity index (χ4v) is 5.15. The summed E-state index contributed by atoms with van der Waals surface area (Å²) in [6.07, 6.45) is 0. The maximum absolute atomic E-state index is 12.6.